The molecular weight excluding hydrogens is 465 g/mol. The quantitative estimate of drug-likeness (QED) is 0.422. The summed E-state index contributed by atoms with van der Waals surface area (Å²) in [5, 5.41) is 18.0. The molecule has 0 aromatic carbocycles. The second kappa shape index (κ2) is 8.44. The average Bonchev–Trinajstić information content (AvgIpc) is 3.49. The number of carbonyl (C=O) groups is 2. The van der Waals surface area contributed by atoms with E-state index >= 15 is 0 Å². The fourth-order valence-electron chi connectivity index (χ4n) is 5.67. The van der Waals surface area contributed by atoms with E-state index in [0.29, 0.717) is 35.4 Å². The van der Waals surface area contributed by atoms with Gasteiger partial charge in [0.2, 0.25) is 0 Å². The minimum Gasteiger partial charge on any atom is -0.381 e. The molecule has 3 aromatic heterocycles. The summed E-state index contributed by atoms with van der Waals surface area (Å²) in [7, 11) is 0. The normalized spacial score (nSPS) is 23.8. The summed E-state index contributed by atoms with van der Waals surface area (Å²) < 4.78 is 15.6. The van der Waals surface area contributed by atoms with Crippen LogP contribution >= 0.6 is 0 Å². The third-order valence-corrected chi connectivity index (χ3v) is 7.60. The average molecular weight is 496 g/mol. The van der Waals surface area contributed by atoms with E-state index < -0.39 is 17.3 Å². The zero-order valence-electron chi connectivity index (χ0n) is 20.4. The van der Waals surface area contributed by atoms with Crippen molar-refractivity contribution in [3.8, 4) is 11.1 Å². The number of nitrogens with one attached hydrogen (secondary N) is 1. The fraction of sp³-hybridized carbons (Fsp3) is 0.440. The van der Waals surface area contributed by atoms with Gasteiger partial charge < -0.3 is 26.8 Å². The number of rotatable bonds is 5. The number of primary amides is 1. The third-order valence-electron chi connectivity index (χ3n) is 7.60. The van der Waals surface area contributed by atoms with Crippen LogP contribution in [0.2, 0.25) is 0 Å². The van der Waals surface area contributed by atoms with Crippen molar-refractivity contribution in [2.45, 2.75) is 38.8 Å². The number of pyridine rings is 1. The molecule has 0 unspecified atom stereocenters. The number of nitrogens with two attached hydrogens (primary N) is 2. The van der Waals surface area contributed by atoms with Crippen LogP contribution in [-0.2, 0) is 4.79 Å². The van der Waals surface area contributed by atoms with Crippen LogP contribution < -0.4 is 16.8 Å². The van der Waals surface area contributed by atoms with E-state index in [-0.39, 0.29) is 41.1 Å². The fourth-order valence-corrected chi connectivity index (χ4v) is 5.67. The van der Waals surface area contributed by atoms with Crippen molar-refractivity contribution in [1.82, 2.24) is 19.5 Å². The van der Waals surface area contributed by atoms with Gasteiger partial charge in [-0.15, -0.1) is 0 Å². The van der Waals surface area contributed by atoms with E-state index in [4.69, 9.17) is 11.5 Å². The first-order valence-corrected chi connectivity index (χ1v) is 11.9. The maximum absolute atomic E-state index is 14.0. The summed E-state index contributed by atoms with van der Waals surface area (Å²) in [6.45, 7) is 6.34. The highest BCUT2D eigenvalue weighted by molar-refractivity contribution is 6.02. The molecule has 0 spiro atoms. The molecule has 6 N–H and O–H groups in total. The van der Waals surface area contributed by atoms with Crippen LogP contribution in [0, 0.1) is 23.6 Å². The first kappa shape index (κ1) is 24.0. The van der Waals surface area contributed by atoms with Crippen molar-refractivity contribution >= 4 is 28.8 Å². The molecule has 1 aliphatic heterocycles. The molecule has 2 fully saturated rings. The lowest BCUT2D eigenvalue weighted by molar-refractivity contribution is -0.147. The Morgan fingerprint density at radius 1 is 1.22 bits per heavy atom. The Hall–Kier alpha value is -3.73. The number of likely N-dealkylation sites (tertiary alicyclic amines) is 1. The van der Waals surface area contributed by atoms with Gasteiger partial charge in [-0.25, -0.2) is 13.9 Å². The van der Waals surface area contributed by atoms with Crippen molar-refractivity contribution in [1.29, 1.82) is 0 Å². The topological polar surface area (TPSA) is 152 Å². The van der Waals surface area contributed by atoms with Crippen LogP contribution in [0.3, 0.4) is 0 Å². The predicted octanol–water partition coefficient (Wildman–Crippen LogP) is 1.88. The summed E-state index contributed by atoms with van der Waals surface area (Å²) in [5.41, 5.74) is 12.4. The highest BCUT2D eigenvalue weighted by atomic mass is 19.1. The second-order valence-corrected chi connectivity index (χ2v) is 10.5. The zero-order valence-corrected chi connectivity index (χ0v) is 20.4. The first-order valence-electron chi connectivity index (χ1n) is 11.9. The highest BCUT2D eigenvalue weighted by Gasteiger charge is 2.48. The molecule has 1 saturated heterocycles. The van der Waals surface area contributed by atoms with E-state index in [2.05, 4.69) is 22.3 Å². The molecule has 1 aliphatic carbocycles. The number of nitrogen functional groups attached to an aromatic ring is 1. The molecule has 36 heavy (non-hydrogen) atoms. The lowest BCUT2D eigenvalue weighted by atomic mass is 9.93. The number of amides is 2. The first-order chi connectivity index (χ1) is 16.9. The number of aliphatic hydroxyl groups is 1. The molecule has 10 nitrogen and oxygen atoms in total. The summed E-state index contributed by atoms with van der Waals surface area (Å²) in [5.74, 6) is -0.899. The van der Waals surface area contributed by atoms with Gasteiger partial charge >= 0.3 is 0 Å². The summed E-state index contributed by atoms with van der Waals surface area (Å²) >= 11 is 0. The van der Waals surface area contributed by atoms with E-state index in [1.807, 2.05) is 0 Å². The molecule has 2 aliphatic rings. The molecule has 0 radical (unpaired) electrons. The summed E-state index contributed by atoms with van der Waals surface area (Å²) in [4.78, 5) is 30.5. The molecule has 190 valence electrons. The summed E-state index contributed by atoms with van der Waals surface area (Å²) in [6.07, 6.45) is 5.43. The number of hydrogen-bond donors (Lipinski definition) is 4. The Bertz CT molecular complexity index is 1370. The lowest BCUT2D eigenvalue weighted by Gasteiger charge is -2.28. The van der Waals surface area contributed by atoms with E-state index in [0.717, 1.165) is 6.42 Å². The van der Waals surface area contributed by atoms with Crippen molar-refractivity contribution in [3.63, 3.8) is 0 Å². The van der Waals surface area contributed by atoms with Crippen molar-refractivity contribution in [2.24, 2.45) is 23.5 Å². The molecule has 11 heteroatoms. The van der Waals surface area contributed by atoms with Crippen LogP contribution in [0.4, 0.5) is 15.9 Å². The second-order valence-electron chi connectivity index (χ2n) is 10.5. The molecule has 4 atom stereocenters. The minimum atomic E-state index is -1.39. The standard InChI is InChI=1S/C25H30FN7O3/c1-12-17-11-32(24(35)25(2,3)36)9-15(17)5-19(12)31-21-16(23(28)34)8-30-33-10-14(6-20(21)33)13-4-18(26)22(27)29-7-13/h4,6-8,10,12,15,17,19,31,36H,5,9,11H2,1-3H3,(H2,27,29)(H2,28,34)/t12-,15+,17-,19+/m0/s1. The third kappa shape index (κ3) is 4.02. The Balaban J connectivity index is 1.44. The van der Waals surface area contributed by atoms with Gasteiger partial charge in [-0.2, -0.15) is 5.10 Å². The largest absolute Gasteiger partial charge is 0.381 e. The number of fused-ring (bicyclic) bond motifs is 2. The highest BCUT2D eigenvalue weighted by Crippen LogP contribution is 2.44. The smallest absolute Gasteiger partial charge is 0.253 e. The van der Waals surface area contributed by atoms with Crippen molar-refractivity contribution < 1.29 is 19.1 Å². The molecule has 4 heterocycles. The number of nitrogens with zero attached hydrogens (tertiary/aromatic N) is 4. The Morgan fingerprint density at radius 2 is 1.97 bits per heavy atom. The van der Waals surface area contributed by atoms with Crippen LogP contribution in [0.5, 0.6) is 0 Å². The Kier molecular flexibility index (Phi) is 5.62. The molecule has 2 amide bonds. The van der Waals surface area contributed by atoms with E-state index in [1.165, 1.54) is 32.3 Å². The van der Waals surface area contributed by atoms with Gasteiger partial charge in [0, 0.05) is 42.7 Å². The number of hydrogen-bond acceptors (Lipinski definition) is 7. The van der Waals surface area contributed by atoms with Crippen LogP contribution in [0.15, 0.2) is 30.7 Å². The number of anilines is 2. The van der Waals surface area contributed by atoms with Gasteiger partial charge in [-0.3, -0.25) is 9.59 Å². The Morgan fingerprint density at radius 3 is 2.61 bits per heavy atom. The predicted molar refractivity (Wildman–Crippen MR) is 132 cm³/mol. The summed E-state index contributed by atoms with van der Waals surface area (Å²) in [6, 6.07) is 3.15. The monoisotopic (exact) mass is 495 g/mol. The van der Waals surface area contributed by atoms with Gasteiger partial charge in [-0.05, 0) is 50.2 Å². The van der Waals surface area contributed by atoms with Crippen LogP contribution in [0.25, 0.3) is 16.6 Å². The number of carbonyl (C=O) groups excluding carboxylic acids is 2. The molecule has 5 rings (SSSR count). The molecule has 3 aromatic rings. The van der Waals surface area contributed by atoms with Gasteiger partial charge in [0.15, 0.2) is 11.6 Å². The maximum Gasteiger partial charge on any atom is 0.253 e. The number of halogens is 1. The van der Waals surface area contributed by atoms with Crippen molar-refractivity contribution in [2.75, 3.05) is 24.1 Å². The molecule has 1 saturated carbocycles. The van der Waals surface area contributed by atoms with Crippen LogP contribution in [0.1, 0.15) is 37.6 Å². The number of aromatic nitrogens is 3. The van der Waals surface area contributed by atoms with Crippen LogP contribution in [-0.4, -0.2) is 61.2 Å². The zero-order chi connectivity index (χ0) is 25.9. The lowest BCUT2D eigenvalue weighted by Crippen LogP contribution is -2.45. The van der Waals surface area contributed by atoms with Gasteiger partial charge in [0.1, 0.15) is 5.60 Å². The molecular formula is C25H30FN7O3. The van der Waals surface area contributed by atoms with Gasteiger partial charge in [0.05, 0.1) is 23.0 Å². The minimum absolute atomic E-state index is 0.0395. The van der Waals surface area contributed by atoms with Gasteiger partial charge in [-0.1, -0.05) is 6.92 Å². The van der Waals surface area contributed by atoms with Gasteiger partial charge in [0.25, 0.3) is 11.8 Å². The van der Waals surface area contributed by atoms with E-state index in [9.17, 15) is 19.1 Å². The molecule has 0 bridgehead atoms. The maximum atomic E-state index is 14.0. The Labute approximate surface area is 207 Å². The van der Waals surface area contributed by atoms with Crippen molar-refractivity contribution in [3.05, 3.63) is 42.1 Å². The van der Waals surface area contributed by atoms with E-state index in [1.54, 1.807) is 21.7 Å². The SMILES string of the molecule is C[C@H]1[C@@H]2CN(C(=O)C(C)(C)O)C[C@H]2C[C@H]1Nc1c(C(N)=O)cnn2cc(-c3cnc(N)c(F)c3)cc12.